The summed E-state index contributed by atoms with van der Waals surface area (Å²) >= 11 is 0. The Bertz CT molecular complexity index is 1010. The van der Waals surface area contributed by atoms with Gasteiger partial charge in [0.15, 0.2) is 0 Å². The van der Waals surface area contributed by atoms with E-state index in [1.165, 1.54) is 0 Å². The zero-order valence-corrected chi connectivity index (χ0v) is 16.9. The van der Waals surface area contributed by atoms with Crippen LogP contribution < -0.4 is 0 Å². The number of piperazine rings is 1. The van der Waals surface area contributed by atoms with Crippen LogP contribution >= 0.6 is 0 Å². The Hall–Kier alpha value is -3.61. The molecule has 0 aliphatic carbocycles. The highest BCUT2D eigenvalue weighted by Gasteiger charge is 2.28. The first kappa shape index (κ1) is 19.7. The van der Waals surface area contributed by atoms with Crippen LogP contribution in [0.5, 0.6) is 0 Å². The molecule has 1 fully saturated rings. The third-order valence-electron chi connectivity index (χ3n) is 5.11. The lowest BCUT2D eigenvalue weighted by Crippen LogP contribution is -2.50. The highest BCUT2D eigenvalue weighted by atomic mass is 16.6. The minimum atomic E-state index is -0.327. The molecule has 2 aromatic carbocycles. The summed E-state index contributed by atoms with van der Waals surface area (Å²) in [6, 6.07) is 19.4. The predicted molar refractivity (Wildman–Crippen MR) is 113 cm³/mol. The predicted octanol–water partition coefficient (Wildman–Crippen LogP) is 3.45. The van der Waals surface area contributed by atoms with Gasteiger partial charge in [-0.3, -0.25) is 4.79 Å². The number of carbonyl (C=O) groups excluding carboxylic acids is 2. The SMILES string of the molecule is CCOC(=O)N1CCN(C(=O)c2cn(-c3ccccc3)nc2-c2ccccc2)CC1. The van der Waals surface area contributed by atoms with Gasteiger partial charge >= 0.3 is 6.09 Å². The van der Waals surface area contributed by atoms with Crippen LogP contribution in [0.25, 0.3) is 16.9 Å². The van der Waals surface area contributed by atoms with Gasteiger partial charge in [-0.25, -0.2) is 9.48 Å². The van der Waals surface area contributed by atoms with E-state index < -0.39 is 0 Å². The zero-order valence-electron chi connectivity index (χ0n) is 16.9. The van der Waals surface area contributed by atoms with Crippen LogP contribution in [0.1, 0.15) is 17.3 Å². The van der Waals surface area contributed by atoms with E-state index >= 15 is 0 Å². The number of para-hydroxylation sites is 1. The summed E-state index contributed by atoms with van der Waals surface area (Å²) < 4.78 is 6.80. The van der Waals surface area contributed by atoms with Crippen LogP contribution in [0.4, 0.5) is 4.79 Å². The molecule has 2 heterocycles. The number of benzene rings is 2. The molecule has 0 saturated carbocycles. The third-order valence-corrected chi connectivity index (χ3v) is 5.11. The molecule has 154 valence electrons. The molecule has 0 spiro atoms. The van der Waals surface area contributed by atoms with Crippen LogP contribution in [0.2, 0.25) is 0 Å². The van der Waals surface area contributed by atoms with E-state index in [4.69, 9.17) is 9.84 Å². The lowest BCUT2D eigenvalue weighted by Gasteiger charge is -2.34. The summed E-state index contributed by atoms with van der Waals surface area (Å²) in [5, 5.41) is 4.72. The van der Waals surface area contributed by atoms with Gasteiger partial charge in [0.1, 0.15) is 5.69 Å². The largest absolute Gasteiger partial charge is 0.450 e. The van der Waals surface area contributed by atoms with Crippen molar-refractivity contribution < 1.29 is 14.3 Å². The van der Waals surface area contributed by atoms with Crippen molar-refractivity contribution in [1.29, 1.82) is 0 Å². The molecule has 2 amide bonds. The number of carbonyl (C=O) groups is 2. The molecule has 1 aromatic heterocycles. The molecule has 1 aliphatic heterocycles. The average molecular weight is 404 g/mol. The summed E-state index contributed by atoms with van der Waals surface area (Å²) in [4.78, 5) is 28.7. The first-order valence-corrected chi connectivity index (χ1v) is 10.1. The number of ether oxygens (including phenoxy) is 1. The molecule has 3 aromatic rings. The van der Waals surface area contributed by atoms with Gasteiger partial charge in [0.05, 0.1) is 17.9 Å². The van der Waals surface area contributed by atoms with Crippen molar-refractivity contribution in [3.05, 3.63) is 72.4 Å². The first-order valence-electron chi connectivity index (χ1n) is 10.1. The van der Waals surface area contributed by atoms with Gasteiger partial charge in [-0.2, -0.15) is 5.10 Å². The maximum Gasteiger partial charge on any atom is 0.409 e. The Labute approximate surface area is 175 Å². The maximum atomic E-state index is 13.4. The third kappa shape index (κ3) is 4.05. The van der Waals surface area contributed by atoms with Crippen molar-refractivity contribution in [1.82, 2.24) is 19.6 Å². The topological polar surface area (TPSA) is 67.7 Å². The number of nitrogens with zero attached hydrogens (tertiary/aromatic N) is 4. The summed E-state index contributed by atoms with van der Waals surface area (Å²) in [6.07, 6.45) is 1.46. The molecule has 0 atom stereocenters. The molecule has 7 nitrogen and oxygen atoms in total. The van der Waals surface area contributed by atoms with Crippen molar-refractivity contribution >= 4 is 12.0 Å². The number of rotatable bonds is 4. The fourth-order valence-electron chi connectivity index (χ4n) is 3.53. The number of hydrogen-bond acceptors (Lipinski definition) is 4. The van der Waals surface area contributed by atoms with Gasteiger partial charge in [0, 0.05) is 37.9 Å². The van der Waals surface area contributed by atoms with E-state index in [9.17, 15) is 9.59 Å². The number of hydrogen-bond donors (Lipinski definition) is 0. The van der Waals surface area contributed by atoms with E-state index in [0.717, 1.165) is 11.3 Å². The molecule has 7 heteroatoms. The Morgan fingerprint density at radius 2 is 1.50 bits per heavy atom. The van der Waals surface area contributed by atoms with Gasteiger partial charge in [-0.1, -0.05) is 48.5 Å². The summed E-state index contributed by atoms with van der Waals surface area (Å²) in [5.74, 6) is -0.0838. The summed E-state index contributed by atoms with van der Waals surface area (Å²) in [5.41, 5.74) is 2.98. The van der Waals surface area contributed by atoms with Crippen LogP contribution in [-0.2, 0) is 4.74 Å². The standard InChI is InChI=1S/C23H24N4O3/c1-2-30-23(29)26-15-13-25(14-16-26)22(28)20-17-27(19-11-7-4-8-12-19)24-21(20)18-9-5-3-6-10-18/h3-12,17H,2,13-16H2,1H3. The van der Waals surface area contributed by atoms with E-state index in [1.54, 1.807) is 27.6 Å². The second-order valence-corrected chi connectivity index (χ2v) is 7.02. The molecule has 0 unspecified atom stereocenters. The quantitative estimate of drug-likeness (QED) is 0.668. The van der Waals surface area contributed by atoms with Crippen LogP contribution in [0.15, 0.2) is 66.9 Å². The molecule has 0 bridgehead atoms. The van der Waals surface area contributed by atoms with Crippen LogP contribution in [-0.4, -0.2) is 64.4 Å². The van der Waals surface area contributed by atoms with E-state index in [-0.39, 0.29) is 12.0 Å². The van der Waals surface area contributed by atoms with Crippen molar-refractivity contribution in [2.75, 3.05) is 32.8 Å². The minimum absolute atomic E-state index is 0.0838. The Morgan fingerprint density at radius 1 is 0.900 bits per heavy atom. The van der Waals surface area contributed by atoms with Gasteiger partial charge in [0.2, 0.25) is 0 Å². The first-order chi connectivity index (χ1) is 14.7. The smallest absolute Gasteiger partial charge is 0.409 e. The van der Waals surface area contributed by atoms with Crippen LogP contribution in [0.3, 0.4) is 0 Å². The second kappa shape index (κ2) is 8.82. The van der Waals surface area contributed by atoms with Crippen molar-refractivity contribution in [3.8, 4) is 16.9 Å². The van der Waals surface area contributed by atoms with Gasteiger partial charge < -0.3 is 14.5 Å². The van der Waals surface area contributed by atoms with Gasteiger partial charge in [-0.15, -0.1) is 0 Å². The Kier molecular flexibility index (Phi) is 5.79. The fraction of sp³-hybridized carbons (Fsp3) is 0.261. The van der Waals surface area contributed by atoms with E-state index in [1.807, 2.05) is 60.7 Å². The van der Waals surface area contributed by atoms with E-state index in [0.29, 0.717) is 44.0 Å². The number of amides is 2. The maximum absolute atomic E-state index is 13.4. The van der Waals surface area contributed by atoms with E-state index in [2.05, 4.69) is 0 Å². The van der Waals surface area contributed by atoms with Crippen molar-refractivity contribution in [2.45, 2.75) is 6.92 Å². The molecule has 0 radical (unpaired) electrons. The summed E-state index contributed by atoms with van der Waals surface area (Å²) in [6.45, 7) is 3.96. The molecule has 1 saturated heterocycles. The number of aromatic nitrogens is 2. The highest BCUT2D eigenvalue weighted by Crippen LogP contribution is 2.25. The zero-order chi connectivity index (χ0) is 20.9. The molecular formula is C23H24N4O3. The minimum Gasteiger partial charge on any atom is -0.450 e. The Balaban J connectivity index is 1.61. The van der Waals surface area contributed by atoms with Crippen molar-refractivity contribution in [2.24, 2.45) is 0 Å². The van der Waals surface area contributed by atoms with Gasteiger partial charge in [0.25, 0.3) is 5.91 Å². The fourth-order valence-corrected chi connectivity index (χ4v) is 3.53. The van der Waals surface area contributed by atoms with Gasteiger partial charge in [-0.05, 0) is 19.1 Å². The molecule has 1 aliphatic rings. The highest BCUT2D eigenvalue weighted by molar-refractivity contribution is 6.00. The molecule has 30 heavy (non-hydrogen) atoms. The Morgan fingerprint density at radius 3 is 2.13 bits per heavy atom. The molecule has 4 rings (SSSR count). The lowest BCUT2D eigenvalue weighted by atomic mass is 10.1. The monoisotopic (exact) mass is 404 g/mol. The lowest BCUT2D eigenvalue weighted by molar-refractivity contribution is 0.0571. The second-order valence-electron chi connectivity index (χ2n) is 7.02. The molecule has 0 N–H and O–H groups in total. The normalized spacial score (nSPS) is 13.9. The molecular weight excluding hydrogens is 380 g/mol. The average Bonchev–Trinajstić information content (AvgIpc) is 3.26. The summed E-state index contributed by atoms with van der Waals surface area (Å²) in [7, 11) is 0. The van der Waals surface area contributed by atoms with Crippen molar-refractivity contribution in [3.63, 3.8) is 0 Å². The van der Waals surface area contributed by atoms with Crippen LogP contribution in [0, 0.1) is 0 Å².